The molecule has 0 atom stereocenters. The van der Waals surface area contributed by atoms with E-state index < -0.39 is 0 Å². The van der Waals surface area contributed by atoms with Gasteiger partial charge in [0.2, 0.25) is 0 Å². The van der Waals surface area contributed by atoms with Gasteiger partial charge < -0.3 is 10.0 Å². The molecule has 0 aliphatic heterocycles. The first-order chi connectivity index (χ1) is 10.2. The van der Waals surface area contributed by atoms with Gasteiger partial charge >= 0.3 is 0 Å². The summed E-state index contributed by atoms with van der Waals surface area (Å²) >= 11 is 1.74. The zero-order valence-corrected chi connectivity index (χ0v) is 12.4. The highest BCUT2D eigenvalue weighted by Gasteiger charge is 2.24. The summed E-state index contributed by atoms with van der Waals surface area (Å²) in [6.07, 6.45) is 0.979. The van der Waals surface area contributed by atoms with Gasteiger partial charge in [0.1, 0.15) is 5.75 Å². The van der Waals surface area contributed by atoms with Gasteiger partial charge in [-0.05, 0) is 29.8 Å². The number of aromatic nitrogens is 1. The van der Waals surface area contributed by atoms with Gasteiger partial charge in [0, 0.05) is 29.6 Å². The first-order valence-corrected chi connectivity index (χ1v) is 7.65. The van der Waals surface area contributed by atoms with Crippen LogP contribution in [0.15, 0.2) is 48.5 Å². The Kier molecular flexibility index (Phi) is 2.72. The Morgan fingerprint density at radius 3 is 2.67 bits per heavy atom. The minimum atomic E-state index is 0.280. The number of benzene rings is 2. The molecule has 0 saturated heterocycles. The average molecular weight is 294 g/mol. The third kappa shape index (κ3) is 1.99. The third-order valence-corrected chi connectivity index (χ3v) is 4.97. The fourth-order valence-electron chi connectivity index (χ4n) is 2.68. The van der Waals surface area contributed by atoms with Crippen molar-refractivity contribution in [1.82, 2.24) is 4.98 Å². The molecule has 4 heteroatoms. The Balaban J connectivity index is 1.72. The minimum Gasteiger partial charge on any atom is -0.508 e. The van der Waals surface area contributed by atoms with Crippen molar-refractivity contribution < 1.29 is 5.11 Å². The molecule has 21 heavy (non-hydrogen) atoms. The highest BCUT2D eigenvalue weighted by atomic mass is 32.1. The largest absolute Gasteiger partial charge is 0.508 e. The van der Waals surface area contributed by atoms with Crippen LogP contribution in [0.1, 0.15) is 10.4 Å². The van der Waals surface area contributed by atoms with E-state index in [1.54, 1.807) is 23.5 Å². The zero-order chi connectivity index (χ0) is 14.4. The molecule has 2 aromatic carbocycles. The number of phenols is 1. The topological polar surface area (TPSA) is 36.4 Å². The highest BCUT2D eigenvalue weighted by molar-refractivity contribution is 7.16. The summed E-state index contributed by atoms with van der Waals surface area (Å²) in [7, 11) is 2.01. The maximum Gasteiger partial charge on any atom is 0.190 e. The monoisotopic (exact) mass is 294 g/mol. The standard InChI is InChI=1S/C17H14N2OS/c1-19(12-6-8-13(20)9-7-12)17-18-16-14-5-3-2-4-11(14)10-15(16)21-17/h2-9,20H,10H2,1H3. The Bertz CT molecular complexity index is 808. The minimum absolute atomic E-state index is 0.280. The van der Waals surface area contributed by atoms with Crippen LogP contribution >= 0.6 is 11.3 Å². The van der Waals surface area contributed by atoms with Crippen molar-refractivity contribution in [3.05, 3.63) is 59.0 Å². The number of fused-ring (bicyclic) bond motifs is 3. The van der Waals surface area contributed by atoms with Gasteiger partial charge in [-0.1, -0.05) is 24.3 Å². The predicted octanol–water partition coefficient (Wildman–Crippen LogP) is 4.19. The quantitative estimate of drug-likeness (QED) is 0.602. The van der Waals surface area contributed by atoms with Gasteiger partial charge in [-0.25, -0.2) is 4.98 Å². The van der Waals surface area contributed by atoms with Crippen LogP contribution in [-0.4, -0.2) is 17.1 Å². The molecular weight excluding hydrogens is 280 g/mol. The lowest BCUT2D eigenvalue weighted by atomic mass is 10.1. The molecule has 1 heterocycles. The van der Waals surface area contributed by atoms with Gasteiger partial charge in [0.15, 0.2) is 5.13 Å². The number of phenolic OH excluding ortho intramolecular Hbond substituents is 1. The summed E-state index contributed by atoms with van der Waals surface area (Å²) in [4.78, 5) is 8.20. The van der Waals surface area contributed by atoms with E-state index in [2.05, 4.69) is 29.2 Å². The number of thiazole rings is 1. The Morgan fingerprint density at radius 2 is 1.86 bits per heavy atom. The van der Waals surface area contributed by atoms with Gasteiger partial charge in [-0.2, -0.15) is 0 Å². The summed E-state index contributed by atoms with van der Waals surface area (Å²) in [5.41, 5.74) is 4.77. The van der Waals surface area contributed by atoms with E-state index in [4.69, 9.17) is 4.98 Å². The molecule has 0 radical (unpaired) electrons. The second kappa shape index (κ2) is 4.60. The Labute approximate surface area is 127 Å². The van der Waals surface area contributed by atoms with Crippen LogP contribution in [0.4, 0.5) is 10.8 Å². The van der Waals surface area contributed by atoms with Crippen LogP contribution in [0.3, 0.4) is 0 Å². The maximum absolute atomic E-state index is 9.38. The number of rotatable bonds is 2. The van der Waals surface area contributed by atoms with Crippen molar-refractivity contribution >= 4 is 22.2 Å². The molecule has 1 aliphatic rings. The van der Waals surface area contributed by atoms with E-state index in [0.29, 0.717) is 0 Å². The summed E-state index contributed by atoms with van der Waals surface area (Å²) in [6, 6.07) is 15.7. The molecule has 0 spiro atoms. The summed E-state index contributed by atoms with van der Waals surface area (Å²) in [5.74, 6) is 0.280. The van der Waals surface area contributed by atoms with E-state index >= 15 is 0 Å². The van der Waals surface area contributed by atoms with E-state index in [1.807, 2.05) is 19.2 Å². The Hall–Kier alpha value is -2.33. The molecule has 3 aromatic rings. The summed E-state index contributed by atoms with van der Waals surface area (Å²) in [6.45, 7) is 0. The number of hydrogen-bond donors (Lipinski definition) is 1. The molecule has 1 aliphatic carbocycles. The van der Waals surface area contributed by atoms with Crippen molar-refractivity contribution in [3.8, 4) is 17.0 Å². The second-order valence-electron chi connectivity index (χ2n) is 5.18. The average Bonchev–Trinajstić information content (AvgIpc) is 3.05. The second-order valence-corrected chi connectivity index (χ2v) is 6.24. The van der Waals surface area contributed by atoms with Crippen molar-refractivity contribution in [2.45, 2.75) is 6.42 Å². The summed E-state index contributed by atoms with van der Waals surface area (Å²) in [5, 5.41) is 10.4. The van der Waals surface area contributed by atoms with Gasteiger partial charge in [0.25, 0.3) is 0 Å². The molecule has 0 unspecified atom stereocenters. The fraction of sp³-hybridized carbons (Fsp3) is 0.118. The molecule has 3 nitrogen and oxygen atoms in total. The van der Waals surface area contributed by atoms with Crippen LogP contribution in [0, 0.1) is 0 Å². The van der Waals surface area contributed by atoms with E-state index in [9.17, 15) is 5.11 Å². The molecule has 4 rings (SSSR count). The molecule has 1 N–H and O–H groups in total. The number of anilines is 2. The van der Waals surface area contributed by atoms with Crippen LogP contribution in [-0.2, 0) is 6.42 Å². The van der Waals surface area contributed by atoms with Crippen molar-refractivity contribution in [2.75, 3.05) is 11.9 Å². The van der Waals surface area contributed by atoms with Crippen LogP contribution < -0.4 is 4.90 Å². The van der Waals surface area contributed by atoms with Crippen LogP contribution in [0.5, 0.6) is 5.75 Å². The zero-order valence-electron chi connectivity index (χ0n) is 11.6. The summed E-state index contributed by atoms with van der Waals surface area (Å²) < 4.78 is 0. The van der Waals surface area contributed by atoms with Gasteiger partial charge in [-0.15, -0.1) is 11.3 Å². The smallest absolute Gasteiger partial charge is 0.190 e. The number of hydrogen-bond acceptors (Lipinski definition) is 4. The van der Waals surface area contributed by atoms with E-state index in [1.165, 1.54) is 16.0 Å². The lowest BCUT2D eigenvalue weighted by Gasteiger charge is -2.15. The van der Waals surface area contributed by atoms with E-state index in [0.717, 1.165) is 22.9 Å². The number of aromatic hydroxyl groups is 1. The van der Waals surface area contributed by atoms with Crippen molar-refractivity contribution in [3.63, 3.8) is 0 Å². The van der Waals surface area contributed by atoms with Crippen LogP contribution in [0.2, 0.25) is 0 Å². The molecule has 0 amide bonds. The highest BCUT2D eigenvalue weighted by Crippen LogP contribution is 2.42. The van der Waals surface area contributed by atoms with E-state index in [-0.39, 0.29) is 5.75 Å². The molecule has 1 aromatic heterocycles. The SMILES string of the molecule is CN(c1ccc(O)cc1)c1nc2c(s1)Cc1ccccc1-2. The molecule has 0 saturated carbocycles. The normalized spacial score (nSPS) is 12.0. The van der Waals surface area contributed by atoms with Gasteiger partial charge in [0.05, 0.1) is 5.69 Å². The Morgan fingerprint density at radius 1 is 1.10 bits per heavy atom. The van der Waals surface area contributed by atoms with Crippen molar-refractivity contribution in [2.24, 2.45) is 0 Å². The lowest BCUT2D eigenvalue weighted by molar-refractivity contribution is 0.475. The molecule has 0 fully saturated rings. The maximum atomic E-state index is 9.38. The molecule has 104 valence electrons. The predicted molar refractivity (Wildman–Crippen MR) is 86.5 cm³/mol. The van der Waals surface area contributed by atoms with Gasteiger partial charge in [-0.3, -0.25) is 0 Å². The fourth-order valence-corrected chi connectivity index (χ4v) is 3.76. The molecular formula is C17H14N2OS. The lowest BCUT2D eigenvalue weighted by Crippen LogP contribution is -2.08. The van der Waals surface area contributed by atoms with Crippen molar-refractivity contribution in [1.29, 1.82) is 0 Å². The van der Waals surface area contributed by atoms with Crippen LogP contribution in [0.25, 0.3) is 11.3 Å². The number of nitrogens with zero attached hydrogens (tertiary/aromatic N) is 2. The first kappa shape index (κ1) is 12.4. The third-order valence-electron chi connectivity index (χ3n) is 3.83. The molecule has 0 bridgehead atoms. The first-order valence-electron chi connectivity index (χ1n) is 6.83.